The molecule has 0 radical (unpaired) electrons. The zero-order chi connectivity index (χ0) is 17.0. The molecule has 7 heteroatoms. The van der Waals surface area contributed by atoms with Crippen LogP contribution in [0.15, 0.2) is 42.5 Å². The summed E-state index contributed by atoms with van der Waals surface area (Å²) < 4.78 is 44.0. The van der Waals surface area contributed by atoms with Crippen LogP contribution in [0.2, 0.25) is 0 Å². The molecule has 0 amide bonds. The number of alkyl halides is 3. The minimum Gasteiger partial charge on any atom is -0.497 e. The van der Waals surface area contributed by atoms with Crippen molar-refractivity contribution >= 4 is 28.7 Å². The number of anilines is 2. The van der Waals surface area contributed by atoms with Gasteiger partial charge in [-0.2, -0.15) is 13.2 Å². The molecule has 0 atom stereocenters. The Balaban J connectivity index is 2.15. The van der Waals surface area contributed by atoms with Crippen LogP contribution in [0.1, 0.15) is 11.1 Å². The number of benzene rings is 2. The third-order valence-corrected chi connectivity index (χ3v) is 3.37. The largest absolute Gasteiger partial charge is 0.497 e. The molecular formula is C16H15F3N2OS. The summed E-state index contributed by atoms with van der Waals surface area (Å²) >= 11 is 5.10. The van der Waals surface area contributed by atoms with Crippen molar-refractivity contribution < 1.29 is 17.9 Å². The second-order valence-electron chi connectivity index (χ2n) is 4.80. The van der Waals surface area contributed by atoms with Gasteiger partial charge in [0.2, 0.25) is 0 Å². The predicted molar refractivity (Wildman–Crippen MR) is 89.0 cm³/mol. The number of halogens is 3. The van der Waals surface area contributed by atoms with Crippen molar-refractivity contribution in [1.29, 1.82) is 0 Å². The Bertz CT molecular complexity index is 717. The number of rotatable bonds is 3. The van der Waals surface area contributed by atoms with Gasteiger partial charge >= 0.3 is 6.18 Å². The molecule has 2 aromatic rings. The maximum absolute atomic E-state index is 13.0. The van der Waals surface area contributed by atoms with E-state index in [0.717, 1.165) is 11.6 Å². The van der Waals surface area contributed by atoms with E-state index in [4.69, 9.17) is 17.0 Å². The molecule has 2 N–H and O–H groups in total. The zero-order valence-corrected chi connectivity index (χ0v) is 13.3. The van der Waals surface area contributed by atoms with Crippen molar-refractivity contribution in [3.05, 3.63) is 53.6 Å². The second-order valence-corrected chi connectivity index (χ2v) is 5.21. The van der Waals surface area contributed by atoms with Crippen molar-refractivity contribution in [3.63, 3.8) is 0 Å². The Morgan fingerprint density at radius 1 is 1.04 bits per heavy atom. The van der Waals surface area contributed by atoms with Gasteiger partial charge in [0.15, 0.2) is 5.11 Å². The van der Waals surface area contributed by atoms with Crippen LogP contribution in [-0.2, 0) is 6.18 Å². The molecule has 0 saturated heterocycles. The Morgan fingerprint density at radius 2 is 1.70 bits per heavy atom. The van der Waals surface area contributed by atoms with Crippen LogP contribution in [0.25, 0.3) is 0 Å². The monoisotopic (exact) mass is 340 g/mol. The first-order chi connectivity index (χ1) is 10.8. The van der Waals surface area contributed by atoms with Gasteiger partial charge in [0.05, 0.1) is 18.4 Å². The number of aryl methyl sites for hydroxylation is 1. The Hall–Kier alpha value is -2.28. The van der Waals surface area contributed by atoms with E-state index in [1.807, 2.05) is 6.92 Å². The summed E-state index contributed by atoms with van der Waals surface area (Å²) in [5.41, 5.74) is 0.685. The van der Waals surface area contributed by atoms with Crippen molar-refractivity contribution in [2.24, 2.45) is 0 Å². The molecular weight excluding hydrogens is 325 g/mol. The van der Waals surface area contributed by atoms with E-state index in [-0.39, 0.29) is 10.8 Å². The van der Waals surface area contributed by atoms with Crippen LogP contribution in [0, 0.1) is 6.92 Å². The summed E-state index contributed by atoms with van der Waals surface area (Å²) in [5.74, 6) is 0.689. The molecule has 0 unspecified atom stereocenters. The van der Waals surface area contributed by atoms with E-state index in [1.165, 1.54) is 18.2 Å². The lowest BCUT2D eigenvalue weighted by atomic mass is 10.1. The molecule has 23 heavy (non-hydrogen) atoms. The highest BCUT2D eigenvalue weighted by atomic mass is 32.1. The zero-order valence-electron chi connectivity index (χ0n) is 12.5. The summed E-state index contributed by atoms with van der Waals surface area (Å²) in [6.07, 6.45) is -4.45. The smallest absolute Gasteiger partial charge is 0.418 e. The van der Waals surface area contributed by atoms with Gasteiger partial charge in [-0.25, -0.2) is 0 Å². The normalized spacial score (nSPS) is 11.0. The highest BCUT2D eigenvalue weighted by Gasteiger charge is 2.33. The first-order valence-electron chi connectivity index (χ1n) is 6.70. The molecule has 3 nitrogen and oxygen atoms in total. The number of ether oxygens (including phenoxy) is 1. The first kappa shape index (κ1) is 17.1. The van der Waals surface area contributed by atoms with Crippen LogP contribution in [0.3, 0.4) is 0 Å². The number of hydrogen-bond acceptors (Lipinski definition) is 2. The minimum absolute atomic E-state index is 0.0787. The summed E-state index contributed by atoms with van der Waals surface area (Å²) in [7, 11) is 1.56. The molecule has 0 saturated carbocycles. The minimum atomic E-state index is -4.45. The van der Waals surface area contributed by atoms with Crippen molar-refractivity contribution in [1.82, 2.24) is 0 Å². The molecule has 2 rings (SSSR count). The number of hydrogen-bond donors (Lipinski definition) is 2. The average molecular weight is 340 g/mol. The third-order valence-electron chi connectivity index (χ3n) is 3.16. The van der Waals surface area contributed by atoms with Crippen molar-refractivity contribution in [2.75, 3.05) is 17.7 Å². The fourth-order valence-electron chi connectivity index (χ4n) is 2.02. The lowest BCUT2D eigenvalue weighted by Gasteiger charge is -2.16. The molecule has 0 heterocycles. The Labute approximate surface area is 137 Å². The van der Waals surface area contributed by atoms with Crippen LogP contribution in [0.4, 0.5) is 24.5 Å². The highest BCUT2D eigenvalue weighted by molar-refractivity contribution is 7.80. The van der Waals surface area contributed by atoms with E-state index >= 15 is 0 Å². The molecule has 0 aromatic heterocycles. The number of para-hydroxylation sites is 1. The van der Waals surface area contributed by atoms with E-state index in [9.17, 15) is 13.2 Å². The molecule has 2 aromatic carbocycles. The number of methoxy groups -OCH3 is 1. The topological polar surface area (TPSA) is 33.3 Å². The van der Waals surface area contributed by atoms with Gasteiger partial charge in [-0.05, 0) is 55.0 Å². The number of thiocarbonyl (C=S) groups is 1. The fraction of sp³-hybridized carbons (Fsp3) is 0.188. The van der Waals surface area contributed by atoms with Crippen LogP contribution < -0.4 is 15.4 Å². The molecule has 0 fully saturated rings. The quantitative estimate of drug-likeness (QED) is 0.784. The van der Waals surface area contributed by atoms with Crippen LogP contribution >= 0.6 is 12.2 Å². The van der Waals surface area contributed by atoms with Gasteiger partial charge in [-0.1, -0.05) is 12.1 Å². The SMILES string of the molecule is COc1ccc(NC(=S)Nc2ccccc2C(F)(F)F)c(C)c1. The molecule has 0 spiro atoms. The summed E-state index contributed by atoms with van der Waals surface area (Å²) in [6, 6.07) is 10.5. The van der Waals surface area contributed by atoms with Crippen molar-refractivity contribution in [3.8, 4) is 5.75 Å². The third kappa shape index (κ3) is 4.35. The van der Waals surface area contributed by atoms with Gasteiger partial charge in [0.1, 0.15) is 5.75 Å². The highest BCUT2D eigenvalue weighted by Crippen LogP contribution is 2.34. The van der Waals surface area contributed by atoms with Gasteiger partial charge in [0.25, 0.3) is 0 Å². The molecule has 122 valence electrons. The lowest BCUT2D eigenvalue weighted by Crippen LogP contribution is -2.22. The summed E-state index contributed by atoms with van der Waals surface area (Å²) in [6.45, 7) is 1.84. The maximum Gasteiger partial charge on any atom is 0.418 e. The van der Waals surface area contributed by atoms with Gasteiger partial charge in [0, 0.05) is 5.69 Å². The van der Waals surface area contributed by atoms with Crippen LogP contribution in [-0.4, -0.2) is 12.2 Å². The maximum atomic E-state index is 13.0. The van der Waals surface area contributed by atoms with Crippen LogP contribution in [0.5, 0.6) is 5.75 Å². The van der Waals surface area contributed by atoms with Gasteiger partial charge in [-0.15, -0.1) is 0 Å². The fourth-order valence-corrected chi connectivity index (χ4v) is 2.24. The standard InChI is InChI=1S/C16H15F3N2OS/c1-10-9-11(22-2)7-8-13(10)20-15(23)21-14-6-4-3-5-12(14)16(17,18)19/h3-9H,1-2H3,(H2,20,21,23). The Kier molecular flexibility index (Phi) is 5.10. The predicted octanol–water partition coefficient (Wildman–Crippen LogP) is 4.83. The van der Waals surface area contributed by atoms with Crippen molar-refractivity contribution in [2.45, 2.75) is 13.1 Å². The van der Waals surface area contributed by atoms with Gasteiger partial charge in [-0.3, -0.25) is 0 Å². The van der Waals surface area contributed by atoms with E-state index in [1.54, 1.807) is 25.3 Å². The average Bonchev–Trinajstić information content (AvgIpc) is 2.48. The molecule has 0 bridgehead atoms. The number of nitrogens with one attached hydrogen (secondary N) is 2. The first-order valence-corrected chi connectivity index (χ1v) is 7.11. The van der Waals surface area contributed by atoms with E-state index < -0.39 is 11.7 Å². The van der Waals surface area contributed by atoms with E-state index in [0.29, 0.717) is 11.4 Å². The second kappa shape index (κ2) is 6.87. The summed E-state index contributed by atoms with van der Waals surface area (Å²) in [5, 5.41) is 5.56. The Morgan fingerprint density at radius 3 is 2.30 bits per heavy atom. The molecule has 0 aliphatic heterocycles. The lowest BCUT2D eigenvalue weighted by molar-refractivity contribution is -0.136. The van der Waals surface area contributed by atoms with E-state index in [2.05, 4.69) is 10.6 Å². The molecule has 0 aliphatic carbocycles. The summed E-state index contributed by atoms with van der Waals surface area (Å²) in [4.78, 5) is 0. The molecule has 0 aliphatic rings. The van der Waals surface area contributed by atoms with Gasteiger partial charge < -0.3 is 15.4 Å².